The maximum Gasteiger partial charge on any atom is 0.130 e. The Balaban J connectivity index is 2.94. The van der Waals surface area contributed by atoms with E-state index in [-0.39, 0.29) is 5.78 Å². The zero-order chi connectivity index (χ0) is 11.4. The molecule has 0 aromatic heterocycles. The molecule has 0 aliphatic heterocycles. The highest BCUT2D eigenvalue weighted by atomic mass is 16.5. The molecular formula is C13H18O2. The Kier molecular flexibility index (Phi) is 3.89. The first-order chi connectivity index (χ1) is 7.04. The van der Waals surface area contributed by atoms with Gasteiger partial charge in [-0.1, -0.05) is 6.07 Å². The normalized spacial score (nSPS) is 10.1. The molecule has 0 N–H and O–H groups in total. The van der Waals surface area contributed by atoms with Crippen LogP contribution in [0.25, 0.3) is 0 Å². The van der Waals surface area contributed by atoms with Gasteiger partial charge < -0.3 is 9.53 Å². The Morgan fingerprint density at radius 1 is 1.27 bits per heavy atom. The van der Waals surface area contributed by atoms with Gasteiger partial charge in [-0.25, -0.2) is 0 Å². The number of ether oxygens (including phenoxy) is 1. The fourth-order valence-corrected chi connectivity index (χ4v) is 1.55. The summed E-state index contributed by atoms with van der Waals surface area (Å²) in [5.41, 5.74) is 3.59. The van der Waals surface area contributed by atoms with Crippen molar-refractivity contribution in [1.82, 2.24) is 0 Å². The number of hydrogen-bond acceptors (Lipinski definition) is 2. The number of benzene rings is 1. The first kappa shape index (κ1) is 11.8. The Labute approximate surface area is 91.3 Å². The van der Waals surface area contributed by atoms with Gasteiger partial charge in [-0.15, -0.1) is 0 Å². The number of aryl methyl sites for hydroxylation is 3. The van der Waals surface area contributed by atoms with Crippen LogP contribution < -0.4 is 4.74 Å². The average molecular weight is 206 g/mol. The van der Waals surface area contributed by atoms with Crippen LogP contribution in [-0.4, -0.2) is 12.9 Å². The summed E-state index contributed by atoms with van der Waals surface area (Å²) >= 11 is 0. The smallest absolute Gasteiger partial charge is 0.130 e. The molecule has 2 nitrogen and oxygen atoms in total. The van der Waals surface area contributed by atoms with Gasteiger partial charge in [0.2, 0.25) is 0 Å². The molecule has 0 aliphatic rings. The molecule has 15 heavy (non-hydrogen) atoms. The van der Waals surface area contributed by atoms with Crippen LogP contribution in [0, 0.1) is 13.8 Å². The molecule has 0 atom stereocenters. The fraction of sp³-hybridized carbons (Fsp3) is 0.462. The molecule has 0 fully saturated rings. The van der Waals surface area contributed by atoms with Crippen molar-refractivity contribution in [3.05, 3.63) is 28.8 Å². The van der Waals surface area contributed by atoms with E-state index in [1.807, 2.05) is 6.07 Å². The van der Waals surface area contributed by atoms with Gasteiger partial charge in [-0.2, -0.15) is 0 Å². The van der Waals surface area contributed by atoms with Gasteiger partial charge in [-0.05, 0) is 49.9 Å². The number of methoxy groups -OCH3 is 1. The van der Waals surface area contributed by atoms with Crippen LogP contribution in [-0.2, 0) is 11.2 Å². The first-order valence-corrected chi connectivity index (χ1v) is 5.18. The van der Waals surface area contributed by atoms with Crippen molar-refractivity contribution >= 4 is 5.78 Å². The lowest BCUT2D eigenvalue weighted by molar-refractivity contribution is -0.116. The molecule has 1 aromatic rings. The molecule has 0 spiro atoms. The van der Waals surface area contributed by atoms with Gasteiger partial charge in [0.25, 0.3) is 0 Å². The highest BCUT2D eigenvalue weighted by Crippen LogP contribution is 2.24. The van der Waals surface area contributed by atoms with E-state index in [4.69, 9.17) is 4.74 Å². The SMILES string of the molecule is COc1cc(C)c(C)cc1CCC(C)=O. The van der Waals surface area contributed by atoms with Crippen molar-refractivity contribution in [2.45, 2.75) is 33.6 Å². The summed E-state index contributed by atoms with van der Waals surface area (Å²) in [6.07, 6.45) is 1.35. The van der Waals surface area contributed by atoms with E-state index in [0.29, 0.717) is 6.42 Å². The molecule has 0 heterocycles. The third kappa shape index (κ3) is 3.08. The van der Waals surface area contributed by atoms with Gasteiger partial charge >= 0.3 is 0 Å². The van der Waals surface area contributed by atoms with Crippen molar-refractivity contribution in [1.29, 1.82) is 0 Å². The Hall–Kier alpha value is -1.31. The molecule has 0 amide bonds. The van der Waals surface area contributed by atoms with Crippen molar-refractivity contribution in [3.63, 3.8) is 0 Å². The van der Waals surface area contributed by atoms with E-state index in [1.54, 1.807) is 14.0 Å². The van der Waals surface area contributed by atoms with E-state index in [1.165, 1.54) is 11.1 Å². The quantitative estimate of drug-likeness (QED) is 0.757. The predicted octanol–water partition coefficient (Wildman–Crippen LogP) is 2.83. The zero-order valence-electron chi connectivity index (χ0n) is 9.89. The molecule has 0 radical (unpaired) electrons. The Morgan fingerprint density at radius 3 is 2.40 bits per heavy atom. The molecule has 0 bridgehead atoms. The van der Waals surface area contributed by atoms with Crippen LogP contribution in [0.5, 0.6) is 5.75 Å². The number of carbonyl (C=O) groups excluding carboxylic acids is 1. The number of ketones is 1. The Morgan fingerprint density at radius 2 is 1.87 bits per heavy atom. The number of Topliss-reactive ketones (excluding diaryl/α,β-unsaturated/α-hetero) is 1. The lowest BCUT2D eigenvalue weighted by Crippen LogP contribution is -1.98. The van der Waals surface area contributed by atoms with E-state index in [9.17, 15) is 4.79 Å². The fourth-order valence-electron chi connectivity index (χ4n) is 1.55. The molecule has 1 rings (SSSR count). The van der Waals surface area contributed by atoms with E-state index >= 15 is 0 Å². The van der Waals surface area contributed by atoms with Crippen molar-refractivity contribution < 1.29 is 9.53 Å². The molecule has 2 heteroatoms. The van der Waals surface area contributed by atoms with E-state index in [0.717, 1.165) is 17.7 Å². The van der Waals surface area contributed by atoms with Gasteiger partial charge in [0, 0.05) is 6.42 Å². The second kappa shape index (κ2) is 4.96. The highest BCUT2D eigenvalue weighted by Gasteiger charge is 2.06. The lowest BCUT2D eigenvalue weighted by atomic mass is 10.0. The minimum absolute atomic E-state index is 0.218. The molecule has 0 saturated heterocycles. The summed E-state index contributed by atoms with van der Waals surface area (Å²) in [5, 5.41) is 0. The summed E-state index contributed by atoms with van der Waals surface area (Å²) in [7, 11) is 1.67. The monoisotopic (exact) mass is 206 g/mol. The minimum Gasteiger partial charge on any atom is -0.496 e. The van der Waals surface area contributed by atoms with E-state index in [2.05, 4.69) is 19.9 Å². The highest BCUT2D eigenvalue weighted by molar-refractivity contribution is 5.75. The third-order valence-electron chi connectivity index (χ3n) is 2.64. The van der Waals surface area contributed by atoms with Gasteiger partial charge in [-0.3, -0.25) is 0 Å². The van der Waals surface area contributed by atoms with E-state index < -0.39 is 0 Å². The van der Waals surface area contributed by atoms with Crippen LogP contribution in [0.15, 0.2) is 12.1 Å². The first-order valence-electron chi connectivity index (χ1n) is 5.18. The van der Waals surface area contributed by atoms with Crippen LogP contribution in [0.1, 0.15) is 30.0 Å². The topological polar surface area (TPSA) is 26.3 Å². The van der Waals surface area contributed by atoms with Gasteiger partial charge in [0.15, 0.2) is 0 Å². The summed E-state index contributed by atoms with van der Waals surface area (Å²) in [4.78, 5) is 10.9. The number of rotatable bonds is 4. The summed E-state index contributed by atoms with van der Waals surface area (Å²) in [6.45, 7) is 5.76. The Bertz CT molecular complexity index is 367. The molecule has 0 aliphatic carbocycles. The zero-order valence-corrected chi connectivity index (χ0v) is 9.89. The predicted molar refractivity (Wildman–Crippen MR) is 61.5 cm³/mol. The molecule has 0 saturated carbocycles. The summed E-state index contributed by atoms with van der Waals surface area (Å²) < 4.78 is 5.30. The standard InChI is InChI=1S/C13H18O2/c1-9-7-12(6-5-11(3)14)13(15-4)8-10(9)2/h7-8H,5-6H2,1-4H3. The summed E-state index contributed by atoms with van der Waals surface area (Å²) in [6, 6.07) is 4.14. The average Bonchev–Trinajstić information content (AvgIpc) is 2.19. The molecule has 1 aromatic carbocycles. The lowest BCUT2D eigenvalue weighted by Gasteiger charge is -2.11. The molecule has 0 unspecified atom stereocenters. The van der Waals surface area contributed by atoms with Crippen molar-refractivity contribution in [2.75, 3.05) is 7.11 Å². The van der Waals surface area contributed by atoms with Gasteiger partial charge in [0.1, 0.15) is 11.5 Å². The molecule has 82 valence electrons. The van der Waals surface area contributed by atoms with Crippen LogP contribution in [0.3, 0.4) is 0 Å². The second-order valence-corrected chi connectivity index (χ2v) is 3.95. The second-order valence-electron chi connectivity index (χ2n) is 3.95. The van der Waals surface area contributed by atoms with Gasteiger partial charge in [0.05, 0.1) is 7.11 Å². The van der Waals surface area contributed by atoms with Crippen LogP contribution >= 0.6 is 0 Å². The van der Waals surface area contributed by atoms with Crippen LogP contribution in [0.4, 0.5) is 0 Å². The summed E-state index contributed by atoms with van der Waals surface area (Å²) in [5.74, 6) is 1.11. The third-order valence-corrected chi connectivity index (χ3v) is 2.64. The minimum atomic E-state index is 0.218. The van der Waals surface area contributed by atoms with Crippen LogP contribution in [0.2, 0.25) is 0 Å². The number of hydrogen-bond donors (Lipinski definition) is 0. The largest absolute Gasteiger partial charge is 0.496 e. The van der Waals surface area contributed by atoms with Crippen molar-refractivity contribution in [3.8, 4) is 5.75 Å². The van der Waals surface area contributed by atoms with Crippen molar-refractivity contribution in [2.24, 2.45) is 0 Å². The number of carbonyl (C=O) groups is 1. The maximum atomic E-state index is 10.9. The molecular weight excluding hydrogens is 188 g/mol. The maximum absolute atomic E-state index is 10.9.